The quantitative estimate of drug-likeness (QED) is 0.354. The summed E-state index contributed by atoms with van der Waals surface area (Å²) in [7, 11) is 0. The van der Waals surface area contributed by atoms with Gasteiger partial charge in [-0.25, -0.2) is 18.2 Å². The first-order valence-electron chi connectivity index (χ1n) is 9.77. The van der Waals surface area contributed by atoms with Crippen molar-refractivity contribution in [1.29, 1.82) is 0 Å². The number of fused-ring (bicyclic) bond motifs is 1. The first kappa shape index (κ1) is 21.6. The topological polar surface area (TPSA) is 70.0 Å². The number of hydrazine groups is 1. The maximum Gasteiger partial charge on any atom is 0.416 e. The molecule has 12 heteroatoms. The molecular formula is C22H13F6N5O. The third-order valence-electron chi connectivity index (χ3n) is 5.07. The molecule has 0 bridgehead atoms. The summed E-state index contributed by atoms with van der Waals surface area (Å²) in [5, 5.41) is 5.28. The number of anilines is 1. The maximum atomic E-state index is 14.2. The highest BCUT2D eigenvalue weighted by Crippen LogP contribution is 2.33. The largest absolute Gasteiger partial charge is 0.416 e. The molecule has 174 valence electrons. The van der Waals surface area contributed by atoms with Crippen LogP contribution < -0.4 is 5.43 Å². The summed E-state index contributed by atoms with van der Waals surface area (Å²) < 4.78 is 85.3. The molecule has 2 aromatic carbocycles. The highest BCUT2D eigenvalue weighted by molar-refractivity contribution is 5.69. The summed E-state index contributed by atoms with van der Waals surface area (Å²) >= 11 is 0. The molecular weight excluding hydrogens is 464 g/mol. The number of rotatable bonds is 4. The van der Waals surface area contributed by atoms with Crippen LogP contribution in [0.5, 0.6) is 0 Å². The van der Waals surface area contributed by atoms with Gasteiger partial charge in [-0.3, -0.25) is 10.4 Å². The van der Waals surface area contributed by atoms with Crippen molar-refractivity contribution in [1.82, 2.24) is 20.1 Å². The van der Waals surface area contributed by atoms with Gasteiger partial charge in [0.2, 0.25) is 0 Å². The highest BCUT2D eigenvalue weighted by atomic mass is 19.4. The molecule has 0 aliphatic carbocycles. The Bertz CT molecular complexity index is 1410. The number of H-pyrrole nitrogens is 1. The van der Waals surface area contributed by atoms with Gasteiger partial charge in [0.25, 0.3) is 0 Å². The van der Waals surface area contributed by atoms with E-state index in [1.165, 1.54) is 18.2 Å². The monoisotopic (exact) mass is 477 g/mol. The van der Waals surface area contributed by atoms with Crippen molar-refractivity contribution in [2.24, 2.45) is 0 Å². The van der Waals surface area contributed by atoms with Crippen molar-refractivity contribution in [3.63, 3.8) is 0 Å². The maximum absolute atomic E-state index is 14.2. The standard InChI is InChI=1S/C22H13F6N5O/c23-15-3-1-2-14(19(15)25)20-29-17-6-7-33(31-21(17)30-20)10-12-9-18(32-34-12)13-5-4-11(8-16(13)24)22(26,27)28/h1-9,31H,10H2,(H,29,30). The number of halogens is 6. The average Bonchev–Trinajstić information content (AvgIpc) is 3.41. The highest BCUT2D eigenvalue weighted by Gasteiger charge is 2.31. The third kappa shape index (κ3) is 3.98. The van der Waals surface area contributed by atoms with E-state index in [9.17, 15) is 26.3 Å². The Kier molecular flexibility index (Phi) is 5.07. The van der Waals surface area contributed by atoms with Crippen molar-refractivity contribution in [2.75, 3.05) is 5.43 Å². The Balaban J connectivity index is 1.32. The van der Waals surface area contributed by atoms with Gasteiger partial charge < -0.3 is 9.51 Å². The first-order chi connectivity index (χ1) is 16.2. The predicted molar refractivity (Wildman–Crippen MR) is 109 cm³/mol. The molecule has 2 N–H and O–H groups in total. The Morgan fingerprint density at radius 1 is 0.971 bits per heavy atom. The van der Waals surface area contributed by atoms with Crippen LogP contribution in [-0.2, 0) is 12.7 Å². The van der Waals surface area contributed by atoms with E-state index in [1.807, 2.05) is 0 Å². The minimum absolute atomic E-state index is 0.0328. The molecule has 0 saturated carbocycles. The minimum atomic E-state index is -4.66. The molecule has 34 heavy (non-hydrogen) atoms. The Morgan fingerprint density at radius 3 is 2.56 bits per heavy atom. The van der Waals surface area contributed by atoms with Crippen LogP contribution in [-0.4, -0.2) is 20.1 Å². The SMILES string of the molecule is Fc1cc(C(F)(F)F)ccc1-c1cc(CN2C=Cc3[nH]c(-c4cccc(F)c4F)nc3N2)on1. The first-order valence-corrected chi connectivity index (χ1v) is 9.77. The molecule has 5 rings (SSSR count). The number of hydrogen-bond donors (Lipinski definition) is 2. The number of aromatic nitrogens is 3. The second-order valence-electron chi connectivity index (χ2n) is 7.38. The number of nitrogens with zero attached hydrogens (tertiary/aromatic N) is 3. The normalized spacial score (nSPS) is 13.2. The van der Waals surface area contributed by atoms with E-state index in [1.54, 1.807) is 17.3 Å². The lowest BCUT2D eigenvalue weighted by Gasteiger charge is -2.23. The van der Waals surface area contributed by atoms with Gasteiger partial charge in [-0.1, -0.05) is 11.2 Å². The molecule has 1 aliphatic heterocycles. The molecule has 0 atom stereocenters. The van der Waals surface area contributed by atoms with E-state index in [-0.39, 0.29) is 35.0 Å². The molecule has 1 aliphatic rings. The van der Waals surface area contributed by atoms with E-state index < -0.39 is 29.2 Å². The van der Waals surface area contributed by atoms with Crippen LogP contribution in [0.3, 0.4) is 0 Å². The fourth-order valence-corrected chi connectivity index (χ4v) is 3.42. The van der Waals surface area contributed by atoms with Gasteiger partial charge >= 0.3 is 6.18 Å². The van der Waals surface area contributed by atoms with Crippen molar-refractivity contribution in [3.05, 3.63) is 83.1 Å². The fourth-order valence-electron chi connectivity index (χ4n) is 3.42. The number of hydrogen-bond acceptors (Lipinski definition) is 5. The number of imidazole rings is 1. The molecule has 0 amide bonds. The predicted octanol–water partition coefficient (Wildman–Crippen LogP) is 5.98. The van der Waals surface area contributed by atoms with Gasteiger partial charge in [-0.15, -0.1) is 0 Å². The van der Waals surface area contributed by atoms with Crippen molar-refractivity contribution >= 4 is 11.9 Å². The molecule has 0 spiro atoms. The van der Waals surface area contributed by atoms with Gasteiger partial charge in [0.1, 0.15) is 17.3 Å². The lowest BCUT2D eigenvalue weighted by Crippen LogP contribution is -2.26. The van der Waals surface area contributed by atoms with Crippen molar-refractivity contribution in [2.45, 2.75) is 12.7 Å². The van der Waals surface area contributed by atoms with E-state index in [4.69, 9.17) is 4.52 Å². The summed E-state index contributed by atoms with van der Waals surface area (Å²) in [6.45, 7) is 0.0989. The average molecular weight is 477 g/mol. The van der Waals surface area contributed by atoms with Crippen LogP contribution in [0.25, 0.3) is 28.7 Å². The van der Waals surface area contributed by atoms with Crippen molar-refractivity contribution < 1.29 is 30.9 Å². The number of nitrogens with one attached hydrogen (secondary N) is 2. The second kappa shape index (κ2) is 7.97. The van der Waals surface area contributed by atoms with Crippen LogP contribution in [0.2, 0.25) is 0 Å². The summed E-state index contributed by atoms with van der Waals surface area (Å²) in [5.41, 5.74) is 2.24. The summed E-state index contributed by atoms with van der Waals surface area (Å²) in [6.07, 6.45) is -1.40. The van der Waals surface area contributed by atoms with Crippen LogP contribution in [0, 0.1) is 17.5 Å². The van der Waals surface area contributed by atoms with Crippen LogP contribution >= 0.6 is 0 Å². The Morgan fingerprint density at radius 2 is 1.79 bits per heavy atom. The molecule has 3 heterocycles. The smallest absolute Gasteiger partial charge is 0.359 e. The minimum Gasteiger partial charge on any atom is -0.359 e. The Labute approximate surface area is 187 Å². The van der Waals surface area contributed by atoms with Crippen LogP contribution in [0.1, 0.15) is 17.0 Å². The van der Waals surface area contributed by atoms with Crippen LogP contribution in [0.15, 0.2) is 53.2 Å². The van der Waals surface area contributed by atoms with E-state index >= 15 is 0 Å². The molecule has 0 saturated heterocycles. The zero-order valence-corrected chi connectivity index (χ0v) is 16.9. The number of benzene rings is 2. The number of aromatic amines is 1. The van der Waals surface area contributed by atoms with Gasteiger partial charge in [-0.05, 0) is 36.4 Å². The zero-order chi connectivity index (χ0) is 24.0. The molecule has 0 fully saturated rings. The number of alkyl halides is 3. The van der Waals surface area contributed by atoms with Gasteiger partial charge in [0, 0.05) is 17.8 Å². The lowest BCUT2D eigenvalue weighted by atomic mass is 10.1. The summed E-state index contributed by atoms with van der Waals surface area (Å²) in [6, 6.07) is 7.31. The second-order valence-corrected chi connectivity index (χ2v) is 7.38. The third-order valence-corrected chi connectivity index (χ3v) is 5.07. The van der Waals surface area contributed by atoms with Crippen LogP contribution in [0.4, 0.5) is 32.2 Å². The van der Waals surface area contributed by atoms with E-state index in [2.05, 4.69) is 20.6 Å². The van der Waals surface area contributed by atoms with E-state index in [0.29, 0.717) is 17.6 Å². The zero-order valence-electron chi connectivity index (χ0n) is 16.9. The fraction of sp³-hybridized carbons (Fsp3) is 0.0909. The van der Waals surface area contributed by atoms with Gasteiger partial charge in [0.05, 0.1) is 23.4 Å². The molecule has 4 aromatic rings. The van der Waals surface area contributed by atoms with E-state index in [0.717, 1.165) is 18.2 Å². The molecule has 0 radical (unpaired) electrons. The van der Waals surface area contributed by atoms with Gasteiger partial charge in [-0.2, -0.15) is 13.2 Å². The Hall–Kier alpha value is -4.22. The van der Waals surface area contributed by atoms with Gasteiger partial charge in [0.15, 0.2) is 23.2 Å². The molecule has 2 aromatic heterocycles. The molecule has 6 nitrogen and oxygen atoms in total. The summed E-state index contributed by atoms with van der Waals surface area (Å²) in [5.74, 6) is -2.36. The lowest BCUT2D eigenvalue weighted by molar-refractivity contribution is -0.137. The van der Waals surface area contributed by atoms with Crippen molar-refractivity contribution in [3.8, 4) is 22.6 Å². The molecule has 0 unspecified atom stereocenters. The summed E-state index contributed by atoms with van der Waals surface area (Å²) in [4.78, 5) is 7.15.